The third-order valence-electron chi connectivity index (χ3n) is 3.71. The third kappa shape index (κ3) is 3.05. The second-order valence-corrected chi connectivity index (χ2v) is 5.51. The van der Waals surface area contributed by atoms with Crippen LogP contribution in [0.4, 0.5) is 17.1 Å². The number of nitrogens with zero attached hydrogens (tertiary/aromatic N) is 5. The first-order chi connectivity index (χ1) is 12.3. The van der Waals surface area contributed by atoms with Crippen LogP contribution >= 0.6 is 0 Å². The van der Waals surface area contributed by atoms with Gasteiger partial charge < -0.3 is 5.32 Å². The molecule has 2 heterocycles. The highest BCUT2D eigenvalue weighted by Crippen LogP contribution is 2.24. The van der Waals surface area contributed by atoms with Crippen molar-refractivity contribution >= 4 is 34.0 Å². The first kappa shape index (κ1) is 17.0. The Hall–Kier alpha value is -3.89. The highest BCUT2D eigenvalue weighted by atomic mass is 16.6. The molecule has 11 nitrogen and oxygen atoms in total. The molecule has 132 valence electrons. The lowest BCUT2D eigenvalue weighted by Gasteiger charge is -2.05. The molecular weight excluding hydrogens is 344 g/mol. The second kappa shape index (κ2) is 6.20. The van der Waals surface area contributed by atoms with E-state index in [1.807, 2.05) is 0 Å². The number of anilines is 1. The average molecular weight is 356 g/mol. The number of nitrogens with one attached hydrogen (secondary N) is 1. The van der Waals surface area contributed by atoms with Gasteiger partial charge >= 0.3 is 0 Å². The fourth-order valence-corrected chi connectivity index (χ4v) is 2.52. The maximum Gasteiger partial charge on any atom is 0.277 e. The number of fused-ring (bicyclic) bond motifs is 1. The van der Waals surface area contributed by atoms with Gasteiger partial charge in [0.15, 0.2) is 5.65 Å². The summed E-state index contributed by atoms with van der Waals surface area (Å²) in [5.74, 6) is -0.723. The summed E-state index contributed by atoms with van der Waals surface area (Å²) in [5.41, 5.74) is 0.410. The standard InChI is InChI=1S/C15H12N6O5/c1-8-13-5-10(7-16-14(13)19(2)18-8)17-15(22)9-3-11(20(23)24)6-12(4-9)21(25)26/h3-7H,1-2H3,(H,17,22). The fraction of sp³-hybridized carbons (Fsp3) is 0.133. The summed E-state index contributed by atoms with van der Waals surface area (Å²) < 4.78 is 1.60. The Bertz CT molecular complexity index is 1040. The van der Waals surface area contributed by atoms with E-state index in [0.717, 1.165) is 29.3 Å². The topological polar surface area (TPSA) is 146 Å². The average Bonchev–Trinajstić information content (AvgIpc) is 2.88. The van der Waals surface area contributed by atoms with Gasteiger partial charge in [0.1, 0.15) is 0 Å². The van der Waals surface area contributed by atoms with Crippen molar-refractivity contribution in [2.75, 3.05) is 5.32 Å². The first-order valence-electron chi connectivity index (χ1n) is 7.31. The zero-order valence-corrected chi connectivity index (χ0v) is 13.7. The van der Waals surface area contributed by atoms with Crippen LogP contribution in [-0.2, 0) is 7.05 Å². The summed E-state index contributed by atoms with van der Waals surface area (Å²) in [4.78, 5) is 36.9. The van der Waals surface area contributed by atoms with Crippen molar-refractivity contribution in [3.8, 4) is 0 Å². The Kier molecular flexibility index (Phi) is 4.04. The van der Waals surface area contributed by atoms with Crippen LogP contribution in [0.5, 0.6) is 0 Å². The lowest BCUT2D eigenvalue weighted by Crippen LogP contribution is -2.13. The number of non-ortho nitro benzene ring substituents is 2. The first-order valence-corrected chi connectivity index (χ1v) is 7.31. The molecule has 26 heavy (non-hydrogen) atoms. The minimum atomic E-state index is -0.795. The molecule has 1 aromatic carbocycles. The molecule has 0 spiro atoms. The van der Waals surface area contributed by atoms with Crippen molar-refractivity contribution in [2.24, 2.45) is 7.05 Å². The van der Waals surface area contributed by atoms with Crippen molar-refractivity contribution in [3.63, 3.8) is 0 Å². The number of rotatable bonds is 4. The SMILES string of the molecule is Cc1nn(C)c2ncc(NC(=O)c3cc([N+](=O)[O-])cc([N+](=O)[O-])c3)cc12. The predicted octanol–water partition coefficient (Wildman–Crippen LogP) is 2.35. The van der Waals surface area contributed by atoms with Gasteiger partial charge in [-0.05, 0) is 13.0 Å². The van der Waals surface area contributed by atoms with Crippen LogP contribution < -0.4 is 5.32 Å². The quantitative estimate of drug-likeness (QED) is 0.557. The number of hydrogen-bond acceptors (Lipinski definition) is 7. The molecule has 3 aromatic rings. The van der Waals surface area contributed by atoms with Crippen LogP contribution in [0.15, 0.2) is 30.5 Å². The third-order valence-corrected chi connectivity index (χ3v) is 3.71. The van der Waals surface area contributed by atoms with E-state index in [4.69, 9.17) is 0 Å². The molecule has 2 aromatic heterocycles. The molecule has 1 amide bonds. The summed E-state index contributed by atoms with van der Waals surface area (Å²) >= 11 is 0. The van der Waals surface area contributed by atoms with E-state index >= 15 is 0 Å². The number of carbonyl (C=O) groups is 1. The van der Waals surface area contributed by atoms with E-state index < -0.39 is 27.1 Å². The lowest BCUT2D eigenvalue weighted by molar-refractivity contribution is -0.394. The lowest BCUT2D eigenvalue weighted by atomic mass is 10.1. The van der Waals surface area contributed by atoms with Crippen LogP contribution in [-0.4, -0.2) is 30.5 Å². The van der Waals surface area contributed by atoms with Gasteiger partial charge in [0, 0.05) is 24.6 Å². The summed E-state index contributed by atoms with van der Waals surface area (Å²) in [6, 6.07) is 4.41. The number of nitro benzene ring substituents is 2. The summed E-state index contributed by atoms with van der Waals surface area (Å²) in [7, 11) is 1.74. The van der Waals surface area contributed by atoms with Gasteiger partial charge in [-0.25, -0.2) is 4.98 Å². The van der Waals surface area contributed by atoms with Crippen molar-refractivity contribution in [2.45, 2.75) is 6.92 Å². The van der Waals surface area contributed by atoms with E-state index in [-0.39, 0.29) is 5.56 Å². The molecule has 0 atom stereocenters. The summed E-state index contributed by atoms with van der Waals surface area (Å²) in [6.45, 7) is 1.79. The molecule has 0 aliphatic carbocycles. The van der Waals surface area contributed by atoms with Gasteiger partial charge in [-0.1, -0.05) is 0 Å². The van der Waals surface area contributed by atoms with Crippen molar-refractivity contribution in [3.05, 3.63) is 61.9 Å². The van der Waals surface area contributed by atoms with Gasteiger partial charge in [0.25, 0.3) is 17.3 Å². The monoisotopic (exact) mass is 356 g/mol. The van der Waals surface area contributed by atoms with E-state index in [9.17, 15) is 25.0 Å². The smallest absolute Gasteiger partial charge is 0.277 e. The van der Waals surface area contributed by atoms with Gasteiger partial charge in [-0.2, -0.15) is 5.10 Å². The Balaban J connectivity index is 1.96. The van der Waals surface area contributed by atoms with Crippen LogP contribution in [0.25, 0.3) is 11.0 Å². The molecule has 0 aliphatic heterocycles. The normalized spacial score (nSPS) is 10.7. The molecule has 0 bridgehead atoms. The molecule has 0 aliphatic rings. The van der Waals surface area contributed by atoms with Gasteiger partial charge in [-0.3, -0.25) is 29.7 Å². The number of pyridine rings is 1. The van der Waals surface area contributed by atoms with Crippen LogP contribution in [0.2, 0.25) is 0 Å². The number of hydrogen-bond donors (Lipinski definition) is 1. The van der Waals surface area contributed by atoms with Crippen molar-refractivity contribution < 1.29 is 14.6 Å². The molecule has 0 saturated heterocycles. The van der Waals surface area contributed by atoms with E-state index in [0.29, 0.717) is 11.3 Å². The molecule has 0 radical (unpaired) electrons. The van der Waals surface area contributed by atoms with Crippen LogP contribution in [0, 0.1) is 27.2 Å². The van der Waals surface area contributed by atoms with Crippen molar-refractivity contribution in [1.29, 1.82) is 0 Å². The molecule has 0 unspecified atom stereocenters. The van der Waals surface area contributed by atoms with E-state index in [2.05, 4.69) is 15.4 Å². The molecule has 0 fully saturated rings. The molecule has 0 saturated carbocycles. The molecular formula is C15H12N6O5. The number of nitro groups is 2. The summed E-state index contributed by atoms with van der Waals surface area (Å²) in [6.07, 6.45) is 1.41. The maximum absolute atomic E-state index is 12.4. The Morgan fingerprint density at radius 2 is 1.73 bits per heavy atom. The number of amides is 1. The predicted molar refractivity (Wildman–Crippen MR) is 91.0 cm³/mol. The molecule has 3 rings (SSSR count). The highest BCUT2D eigenvalue weighted by molar-refractivity contribution is 6.05. The van der Waals surface area contributed by atoms with Gasteiger partial charge in [-0.15, -0.1) is 0 Å². The number of benzene rings is 1. The van der Waals surface area contributed by atoms with E-state index in [1.54, 1.807) is 24.7 Å². The molecule has 11 heteroatoms. The Labute approximate surface area is 145 Å². The molecule has 1 N–H and O–H groups in total. The number of carbonyl (C=O) groups excluding carboxylic acids is 1. The van der Waals surface area contributed by atoms with E-state index in [1.165, 1.54) is 6.20 Å². The minimum absolute atomic E-state index is 0.200. The number of aromatic nitrogens is 3. The zero-order valence-electron chi connectivity index (χ0n) is 13.7. The van der Waals surface area contributed by atoms with Gasteiger partial charge in [0.05, 0.1) is 39.1 Å². The van der Waals surface area contributed by atoms with Gasteiger partial charge in [0.2, 0.25) is 0 Å². The van der Waals surface area contributed by atoms with Crippen LogP contribution in [0.3, 0.4) is 0 Å². The second-order valence-electron chi connectivity index (χ2n) is 5.51. The fourth-order valence-electron chi connectivity index (χ4n) is 2.52. The minimum Gasteiger partial charge on any atom is -0.321 e. The largest absolute Gasteiger partial charge is 0.321 e. The van der Waals surface area contributed by atoms with Crippen molar-refractivity contribution in [1.82, 2.24) is 14.8 Å². The Morgan fingerprint density at radius 1 is 1.12 bits per heavy atom. The summed E-state index contributed by atoms with van der Waals surface area (Å²) in [5, 5.41) is 29.3. The zero-order chi connectivity index (χ0) is 19.0. The Morgan fingerprint density at radius 3 is 2.31 bits per heavy atom. The number of aryl methyl sites for hydroxylation is 2. The highest BCUT2D eigenvalue weighted by Gasteiger charge is 2.20. The van der Waals surface area contributed by atoms with Crippen LogP contribution in [0.1, 0.15) is 16.1 Å². The maximum atomic E-state index is 12.4.